The lowest BCUT2D eigenvalue weighted by molar-refractivity contribution is -0.137. The number of ether oxygens (including phenoxy) is 4. The Labute approximate surface area is 163 Å². The first-order valence-corrected chi connectivity index (χ1v) is 8.39. The zero-order valence-electron chi connectivity index (χ0n) is 16.1. The average Bonchev–Trinajstić information content (AvgIpc) is 2.71. The van der Waals surface area contributed by atoms with Crippen LogP contribution in [0.3, 0.4) is 0 Å². The fraction of sp³-hybridized carbons (Fsp3) is 0.300. The quantitative estimate of drug-likeness (QED) is 0.679. The van der Waals surface area contributed by atoms with Crippen molar-refractivity contribution in [3.05, 3.63) is 47.5 Å². The van der Waals surface area contributed by atoms with E-state index in [4.69, 9.17) is 18.9 Å². The SMILES string of the molecule is COc1cc(OC)cc(C(=O)NC(CC(=O)O)c2ccc(OC)cc2OC)c1. The maximum absolute atomic E-state index is 12.8. The van der Waals surface area contributed by atoms with Crippen molar-refractivity contribution in [2.24, 2.45) is 0 Å². The fourth-order valence-electron chi connectivity index (χ4n) is 2.70. The second kappa shape index (κ2) is 9.50. The van der Waals surface area contributed by atoms with Gasteiger partial charge in [-0.3, -0.25) is 9.59 Å². The maximum atomic E-state index is 12.8. The summed E-state index contributed by atoms with van der Waals surface area (Å²) in [5.41, 5.74) is 0.799. The minimum atomic E-state index is -1.06. The normalized spacial score (nSPS) is 11.3. The molecule has 1 amide bonds. The molecule has 0 fully saturated rings. The molecule has 0 radical (unpaired) electrons. The average molecular weight is 389 g/mol. The predicted molar refractivity (Wildman–Crippen MR) is 102 cm³/mol. The van der Waals surface area contributed by atoms with Gasteiger partial charge in [0.1, 0.15) is 23.0 Å². The van der Waals surface area contributed by atoms with Crippen molar-refractivity contribution in [2.75, 3.05) is 28.4 Å². The maximum Gasteiger partial charge on any atom is 0.305 e. The molecule has 0 saturated heterocycles. The van der Waals surface area contributed by atoms with Crippen LogP contribution in [0.1, 0.15) is 28.4 Å². The molecule has 2 aromatic carbocycles. The summed E-state index contributed by atoms with van der Waals surface area (Å²) in [4.78, 5) is 24.2. The molecule has 0 aliphatic carbocycles. The van der Waals surface area contributed by atoms with Crippen LogP contribution in [0.5, 0.6) is 23.0 Å². The smallest absolute Gasteiger partial charge is 0.305 e. The topological polar surface area (TPSA) is 103 Å². The van der Waals surface area contributed by atoms with E-state index in [0.717, 1.165) is 0 Å². The molecule has 0 bridgehead atoms. The van der Waals surface area contributed by atoms with Gasteiger partial charge in [0.25, 0.3) is 5.91 Å². The van der Waals surface area contributed by atoms with E-state index in [1.54, 1.807) is 36.4 Å². The number of carbonyl (C=O) groups excluding carboxylic acids is 1. The van der Waals surface area contributed by atoms with Gasteiger partial charge in [-0.2, -0.15) is 0 Å². The number of carboxylic acid groups (broad SMARTS) is 1. The van der Waals surface area contributed by atoms with Crippen LogP contribution in [-0.4, -0.2) is 45.4 Å². The highest BCUT2D eigenvalue weighted by Gasteiger charge is 2.23. The summed E-state index contributed by atoms with van der Waals surface area (Å²) in [5.74, 6) is 0.322. The third-order valence-electron chi connectivity index (χ3n) is 4.11. The third-order valence-corrected chi connectivity index (χ3v) is 4.11. The fourth-order valence-corrected chi connectivity index (χ4v) is 2.70. The molecule has 0 aliphatic heterocycles. The van der Waals surface area contributed by atoms with E-state index in [2.05, 4.69) is 5.32 Å². The Bertz CT molecular complexity index is 828. The van der Waals surface area contributed by atoms with Crippen LogP contribution < -0.4 is 24.3 Å². The molecule has 28 heavy (non-hydrogen) atoms. The standard InChI is InChI=1S/C20H23NO7/c1-25-13-5-6-16(18(10-13)28-4)17(11-19(22)23)21-20(24)12-7-14(26-2)9-15(8-12)27-3/h5-10,17H,11H2,1-4H3,(H,21,24)(H,22,23). The van der Waals surface area contributed by atoms with Gasteiger partial charge < -0.3 is 29.4 Å². The molecule has 8 nitrogen and oxygen atoms in total. The molecule has 0 heterocycles. The second-order valence-corrected chi connectivity index (χ2v) is 5.83. The van der Waals surface area contributed by atoms with Crippen LogP contribution in [0.4, 0.5) is 0 Å². The van der Waals surface area contributed by atoms with Crippen molar-refractivity contribution < 1.29 is 33.6 Å². The van der Waals surface area contributed by atoms with Crippen LogP contribution in [0.25, 0.3) is 0 Å². The number of rotatable bonds is 9. The van der Waals surface area contributed by atoms with Crippen LogP contribution in [0, 0.1) is 0 Å². The van der Waals surface area contributed by atoms with Crippen molar-refractivity contribution in [3.63, 3.8) is 0 Å². The Kier molecular flexibility index (Phi) is 7.08. The van der Waals surface area contributed by atoms with E-state index in [1.807, 2.05) is 0 Å². The van der Waals surface area contributed by atoms with Crippen LogP contribution >= 0.6 is 0 Å². The molecule has 2 aromatic rings. The lowest BCUT2D eigenvalue weighted by Crippen LogP contribution is -2.30. The van der Waals surface area contributed by atoms with E-state index in [0.29, 0.717) is 28.6 Å². The van der Waals surface area contributed by atoms with E-state index in [1.165, 1.54) is 28.4 Å². The van der Waals surface area contributed by atoms with E-state index < -0.39 is 17.9 Å². The van der Waals surface area contributed by atoms with Gasteiger partial charge in [0.15, 0.2) is 0 Å². The van der Waals surface area contributed by atoms with E-state index in [-0.39, 0.29) is 12.0 Å². The summed E-state index contributed by atoms with van der Waals surface area (Å²) in [6.07, 6.45) is -0.324. The van der Waals surface area contributed by atoms with Crippen LogP contribution in [-0.2, 0) is 4.79 Å². The van der Waals surface area contributed by atoms with Crippen molar-refractivity contribution in [3.8, 4) is 23.0 Å². The van der Waals surface area contributed by atoms with Crippen molar-refractivity contribution in [1.82, 2.24) is 5.32 Å². The van der Waals surface area contributed by atoms with E-state index >= 15 is 0 Å². The van der Waals surface area contributed by atoms with Crippen molar-refractivity contribution >= 4 is 11.9 Å². The molecule has 1 unspecified atom stereocenters. The molecular formula is C20H23NO7. The first-order valence-electron chi connectivity index (χ1n) is 8.39. The summed E-state index contributed by atoms with van der Waals surface area (Å²) < 4.78 is 20.9. The van der Waals surface area contributed by atoms with Gasteiger partial charge in [0.05, 0.1) is 40.9 Å². The first kappa shape index (κ1) is 20.9. The zero-order chi connectivity index (χ0) is 20.7. The highest BCUT2D eigenvalue weighted by atomic mass is 16.5. The number of hydrogen-bond acceptors (Lipinski definition) is 6. The largest absolute Gasteiger partial charge is 0.497 e. The van der Waals surface area contributed by atoms with Gasteiger partial charge in [-0.05, 0) is 24.3 Å². The van der Waals surface area contributed by atoms with Crippen LogP contribution in [0.15, 0.2) is 36.4 Å². The van der Waals surface area contributed by atoms with Crippen molar-refractivity contribution in [1.29, 1.82) is 0 Å². The number of hydrogen-bond donors (Lipinski definition) is 2. The van der Waals surface area contributed by atoms with Gasteiger partial charge in [-0.1, -0.05) is 0 Å². The Morgan fingerprint density at radius 3 is 2.00 bits per heavy atom. The lowest BCUT2D eigenvalue weighted by atomic mass is 10.0. The van der Waals surface area contributed by atoms with Crippen molar-refractivity contribution in [2.45, 2.75) is 12.5 Å². The number of carboxylic acids is 1. The summed E-state index contributed by atoms with van der Waals surface area (Å²) >= 11 is 0. The van der Waals surface area contributed by atoms with Crippen LogP contribution in [0.2, 0.25) is 0 Å². The lowest BCUT2D eigenvalue weighted by Gasteiger charge is -2.21. The number of amides is 1. The first-order chi connectivity index (χ1) is 13.4. The van der Waals surface area contributed by atoms with Gasteiger partial charge in [0, 0.05) is 23.3 Å². The minimum Gasteiger partial charge on any atom is -0.497 e. The molecule has 8 heteroatoms. The van der Waals surface area contributed by atoms with Gasteiger partial charge in [-0.25, -0.2) is 0 Å². The van der Waals surface area contributed by atoms with Gasteiger partial charge >= 0.3 is 5.97 Å². The monoisotopic (exact) mass is 389 g/mol. The Morgan fingerprint density at radius 1 is 0.893 bits per heavy atom. The molecular weight excluding hydrogens is 366 g/mol. The summed E-state index contributed by atoms with van der Waals surface area (Å²) in [6.45, 7) is 0. The number of aliphatic carboxylic acids is 1. The molecule has 2 rings (SSSR count). The molecule has 150 valence electrons. The minimum absolute atomic E-state index is 0.277. The second-order valence-electron chi connectivity index (χ2n) is 5.83. The number of methoxy groups -OCH3 is 4. The Hall–Kier alpha value is -3.42. The molecule has 0 aliphatic rings. The summed E-state index contributed by atoms with van der Waals surface area (Å²) in [5, 5.41) is 12.0. The number of carbonyl (C=O) groups is 2. The Morgan fingerprint density at radius 2 is 1.50 bits per heavy atom. The molecule has 2 N–H and O–H groups in total. The van der Waals surface area contributed by atoms with Gasteiger partial charge in [0.2, 0.25) is 0 Å². The highest BCUT2D eigenvalue weighted by Crippen LogP contribution is 2.32. The number of nitrogens with one attached hydrogen (secondary N) is 1. The number of benzene rings is 2. The highest BCUT2D eigenvalue weighted by molar-refractivity contribution is 5.95. The summed E-state index contributed by atoms with van der Waals surface area (Å²) in [7, 11) is 5.93. The predicted octanol–water partition coefficient (Wildman–Crippen LogP) is 2.67. The molecule has 1 atom stereocenters. The molecule has 0 saturated carbocycles. The molecule has 0 spiro atoms. The zero-order valence-corrected chi connectivity index (χ0v) is 16.1. The molecule has 0 aromatic heterocycles. The Balaban J connectivity index is 2.37. The van der Waals surface area contributed by atoms with E-state index in [9.17, 15) is 14.7 Å². The van der Waals surface area contributed by atoms with Gasteiger partial charge in [-0.15, -0.1) is 0 Å². The summed E-state index contributed by atoms with van der Waals surface area (Å²) in [6, 6.07) is 8.87. The third kappa shape index (κ3) is 5.06.